The highest BCUT2D eigenvalue weighted by molar-refractivity contribution is 5.87. The van der Waals surface area contributed by atoms with E-state index in [0.717, 1.165) is 5.56 Å². The molecule has 7 heteroatoms. The van der Waals surface area contributed by atoms with Crippen molar-refractivity contribution in [2.45, 2.75) is 6.42 Å². The van der Waals surface area contributed by atoms with Crippen LogP contribution < -0.4 is 15.2 Å². The second kappa shape index (κ2) is 7.22. The summed E-state index contributed by atoms with van der Waals surface area (Å²) < 4.78 is 10.3. The molecule has 1 aromatic rings. The van der Waals surface area contributed by atoms with Crippen LogP contribution in [0.1, 0.15) is 5.56 Å². The molecule has 0 fully saturated rings. The summed E-state index contributed by atoms with van der Waals surface area (Å²) in [4.78, 5) is 13.4. The summed E-state index contributed by atoms with van der Waals surface area (Å²) in [5.41, 5.74) is 6.15. The van der Waals surface area contributed by atoms with Gasteiger partial charge in [0.1, 0.15) is 0 Å². The van der Waals surface area contributed by atoms with Gasteiger partial charge in [0.05, 0.1) is 27.2 Å². The van der Waals surface area contributed by atoms with Gasteiger partial charge in [-0.25, -0.2) is 0 Å². The largest absolute Gasteiger partial charge is 0.493 e. The maximum atomic E-state index is 12.0. The molecular weight excluding hydrogens is 262 g/mol. The molecule has 20 heavy (non-hydrogen) atoms. The van der Waals surface area contributed by atoms with Gasteiger partial charge in [-0.2, -0.15) is 0 Å². The Morgan fingerprint density at radius 2 is 2.00 bits per heavy atom. The van der Waals surface area contributed by atoms with Gasteiger partial charge in [0, 0.05) is 7.05 Å². The van der Waals surface area contributed by atoms with Crippen molar-refractivity contribution >= 4 is 11.7 Å². The zero-order valence-corrected chi connectivity index (χ0v) is 11.8. The molecule has 0 spiro atoms. The Morgan fingerprint density at radius 1 is 1.35 bits per heavy atom. The molecule has 0 aliphatic heterocycles. The number of hydrogen-bond donors (Lipinski definition) is 2. The van der Waals surface area contributed by atoms with Crippen molar-refractivity contribution in [1.29, 1.82) is 0 Å². The van der Waals surface area contributed by atoms with Crippen LogP contribution >= 0.6 is 0 Å². The summed E-state index contributed by atoms with van der Waals surface area (Å²) in [6.07, 6.45) is 0.190. The Balaban J connectivity index is 2.75. The third-order valence-electron chi connectivity index (χ3n) is 2.76. The maximum absolute atomic E-state index is 12.0. The molecule has 0 bridgehead atoms. The van der Waals surface area contributed by atoms with Gasteiger partial charge >= 0.3 is 0 Å². The lowest BCUT2D eigenvalue weighted by Gasteiger charge is -2.16. The van der Waals surface area contributed by atoms with E-state index >= 15 is 0 Å². The zero-order chi connectivity index (χ0) is 15.1. The van der Waals surface area contributed by atoms with E-state index in [1.807, 2.05) is 0 Å². The zero-order valence-electron chi connectivity index (χ0n) is 11.8. The Bertz CT molecular complexity index is 502. The van der Waals surface area contributed by atoms with Crippen molar-refractivity contribution in [2.75, 3.05) is 27.8 Å². The maximum Gasteiger partial charge on any atom is 0.227 e. The van der Waals surface area contributed by atoms with E-state index in [1.54, 1.807) is 32.4 Å². The first-order valence-electron chi connectivity index (χ1n) is 5.93. The molecule has 1 rings (SSSR count). The lowest BCUT2D eigenvalue weighted by Crippen LogP contribution is -2.36. The number of likely N-dealkylation sites (N-methyl/N-ethyl adjacent to an activating group) is 1. The van der Waals surface area contributed by atoms with Crippen LogP contribution in [0.5, 0.6) is 11.5 Å². The van der Waals surface area contributed by atoms with Gasteiger partial charge in [-0.3, -0.25) is 4.79 Å². The number of carbonyl (C=O) groups excluding carboxylic acids is 1. The van der Waals surface area contributed by atoms with Gasteiger partial charge < -0.3 is 25.3 Å². The average Bonchev–Trinajstić information content (AvgIpc) is 2.46. The van der Waals surface area contributed by atoms with Gasteiger partial charge in [-0.1, -0.05) is 11.2 Å². The van der Waals surface area contributed by atoms with E-state index < -0.39 is 0 Å². The Hall–Kier alpha value is -2.44. The molecule has 0 aliphatic carbocycles. The number of amides is 1. The molecule has 7 nitrogen and oxygen atoms in total. The number of rotatable bonds is 6. The second-order valence-electron chi connectivity index (χ2n) is 4.21. The standard InChI is InChI=1S/C13H19N3O4/c1-16(8-12(14)15-18)13(17)7-9-4-5-10(19-2)11(6-9)20-3/h4-6,18H,7-8H2,1-3H3,(H2,14,15). The van der Waals surface area contributed by atoms with Crippen LogP contribution in [0.3, 0.4) is 0 Å². The van der Waals surface area contributed by atoms with E-state index in [4.69, 9.17) is 20.4 Å². The fraction of sp³-hybridized carbons (Fsp3) is 0.385. The highest BCUT2D eigenvalue weighted by atomic mass is 16.5. The molecule has 1 aromatic carbocycles. The minimum absolute atomic E-state index is 0.0202. The molecule has 0 saturated carbocycles. The van der Waals surface area contributed by atoms with Gasteiger partial charge in [0.25, 0.3) is 0 Å². The Labute approximate surface area is 117 Å². The monoisotopic (exact) mass is 281 g/mol. The number of nitrogens with two attached hydrogens (primary N) is 1. The van der Waals surface area contributed by atoms with Crippen LogP contribution in [0.15, 0.2) is 23.4 Å². The molecule has 1 amide bonds. The molecule has 0 radical (unpaired) electrons. The van der Waals surface area contributed by atoms with Crippen molar-refractivity contribution in [3.8, 4) is 11.5 Å². The number of nitrogens with zero attached hydrogens (tertiary/aromatic N) is 2. The van der Waals surface area contributed by atoms with E-state index in [1.165, 1.54) is 12.0 Å². The molecule has 0 heterocycles. The first-order chi connectivity index (χ1) is 9.51. The van der Waals surface area contributed by atoms with Crippen molar-refractivity contribution < 1.29 is 19.5 Å². The summed E-state index contributed by atoms with van der Waals surface area (Å²) >= 11 is 0. The number of ether oxygens (including phenoxy) is 2. The smallest absolute Gasteiger partial charge is 0.227 e. The van der Waals surface area contributed by atoms with Crippen LogP contribution in [0.4, 0.5) is 0 Å². The fourth-order valence-electron chi connectivity index (χ4n) is 1.66. The SMILES string of the molecule is COc1ccc(CC(=O)N(C)CC(N)=NO)cc1OC. The number of hydrogen-bond acceptors (Lipinski definition) is 5. The Morgan fingerprint density at radius 3 is 2.55 bits per heavy atom. The van der Waals surface area contributed by atoms with Crippen molar-refractivity contribution in [3.05, 3.63) is 23.8 Å². The lowest BCUT2D eigenvalue weighted by molar-refractivity contribution is -0.128. The van der Waals surface area contributed by atoms with Crippen molar-refractivity contribution in [2.24, 2.45) is 10.9 Å². The minimum atomic E-state index is -0.149. The van der Waals surface area contributed by atoms with Gasteiger partial charge in [-0.15, -0.1) is 0 Å². The van der Waals surface area contributed by atoms with E-state index in [0.29, 0.717) is 11.5 Å². The van der Waals surface area contributed by atoms with Gasteiger partial charge in [-0.05, 0) is 17.7 Å². The summed E-state index contributed by atoms with van der Waals surface area (Å²) in [6.45, 7) is 0.0720. The molecule has 0 unspecified atom stereocenters. The van der Waals surface area contributed by atoms with Crippen molar-refractivity contribution in [1.82, 2.24) is 4.90 Å². The van der Waals surface area contributed by atoms with Crippen LogP contribution in [0.25, 0.3) is 0 Å². The molecule has 0 atom stereocenters. The molecule has 110 valence electrons. The first kappa shape index (κ1) is 15.6. The number of methoxy groups -OCH3 is 2. The molecule has 0 aromatic heterocycles. The topological polar surface area (TPSA) is 97.4 Å². The van der Waals surface area contributed by atoms with E-state index in [9.17, 15) is 4.79 Å². The van der Waals surface area contributed by atoms with Crippen LogP contribution in [0.2, 0.25) is 0 Å². The fourth-order valence-corrected chi connectivity index (χ4v) is 1.66. The predicted octanol–water partition coefficient (Wildman–Crippen LogP) is 0.451. The number of benzene rings is 1. The van der Waals surface area contributed by atoms with Crippen LogP contribution in [0, 0.1) is 0 Å². The number of amidine groups is 1. The molecule has 3 N–H and O–H groups in total. The van der Waals surface area contributed by atoms with Gasteiger partial charge in [0.15, 0.2) is 17.3 Å². The van der Waals surface area contributed by atoms with E-state index in [-0.39, 0.29) is 24.7 Å². The highest BCUT2D eigenvalue weighted by Crippen LogP contribution is 2.27. The number of oxime groups is 1. The molecular formula is C13H19N3O4. The second-order valence-corrected chi connectivity index (χ2v) is 4.21. The number of carbonyl (C=O) groups is 1. The average molecular weight is 281 g/mol. The predicted molar refractivity (Wildman–Crippen MR) is 74.3 cm³/mol. The molecule has 0 saturated heterocycles. The van der Waals surface area contributed by atoms with Crippen LogP contribution in [-0.2, 0) is 11.2 Å². The van der Waals surface area contributed by atoms with Gasteiger partial charge in [0.2, 0.25) is 5.91 Å². The Kier molecular flexibility index (Phi) is 5.64. The van der Waals surface area contributed by atoms with Crippen LogP contribution in [-0.4, -0.2) is 49.7 Å². The summed E-state index contributed by atoms with van der Waals surface area (Å²) in [7, 11) is 4.67. The summed E-state index contributed by atoms with van der Waals surface area (Å²) in [5.74, 6) is 1.00. The third kappa shape index (κ3) is 4.04. The summed E-state index contributed by atoms with van der Waals surface area (Å²) in [6, 6.07) is 5.27. The quantitative estimate of drug-likeness (QED) is 0.341. The third-order valence-corrected chi connectivity index (χ3v) is 2.76. The van der Waals surface area contributed by atoms with E-state index in [2.05, 4.69) is 5.16 Å². The normalized spacial score (nSPS) is 11.1. The van der Waals surface area contributed by atoms with Crippen molar-refractivity contribution in [3.63, 3.8) is 0 Å². The minimum Gasteiger partial charge on any atom is -0.493 e. The highest BCUT2D eigenvalue weighted by Gasteiger charge is 2.13. The molecule has 0 aliphatic rings. The first-order valence-corrected chi connectivity index (χ1v) is 5.93. The summed E-state index contributed by atoms with van der Waals surface area (Å²) in [5, 5.41) is 11.3. The lowest BCUT2D eigenvalue weighted by atomic mass is 10.1.